The van der Waals surface area contributed by atoms with Crippen molar-refractivity contribution < 1.29 is 23.7 Å². The maximum atomic E-state index is 11.5. The number of rotatable bonds is 6. The lowest BCUT2D eigenvalue weighted by Crippen LogP contribution is -2.43. The number of nitrogens with zero attached hydrogens (tertiary/aromatic N) is 1. The molecule has 0 atom stereocenters. The average Bonchev–Trinajstić information content (AvgIpc) is 3.10. The Kier molecular flexibility index (Phi) is 5.67. The second-order valence-corrected chi connectivity index (χ2v) is 4.43. The van der Waals surface area contributed by atoms with Gasteiger partial charge in [0.1, 0.15) is 11.5 Å². The highest BCUT2D eigenvalue weighted by molar-refractivity contribution is 5.92. The van der Waals surface area contributed by atoms with Crippen LogP contribution in [-0.4, -0.2) is 23.3 Å². The van der Waals surface area contributed by atoms with E-state index in [1.165, 1.54) is 42.7 Å². The minimum absolute atomic E-state index is 0.0811. The molecule has 1 heterocycles. The van der Waals surface area contributed by atoms with Gasteiger partial charge in [-0.05, 0) is 30.3 Å². The van der Waals surface area contributed by atoms with Crippen molar-refractivity contribution in [1.82, 2.24) is 10.9 Å². The highest BCUT2D eigenvalue weighted by Gasteiger charge is 2.07. The smallest absolute Gasteiger partial charge is 0.276 e. The summed E-state index contributed by atoms with van der Waals surface area (Å²) in [6.07, 6.45) is 4.10. The van der Waals surface area contributed by atoms with Crippen LogP contribution in [0.2, 0.25) is 0 Å². The number of hydrogen-bond acceptors (Lipinski definition) is 6. The average molecular weight is 331 g/mol. The zero-order chi connectivity index (χ0) is 17.4. The van der Waals surface area contributed by atoms with Gasteiger partial charge in [0.05, 0.1) is 11.2 Å². The summed E-state index contributed by atoms with van der Waals surface area (Å²) < 4.78 is 10.1. The third kappa shape index (κ3) is 5.30. The summed E-state index contributed by atoms with van der Waals surface area (Å²) in [5.74, 6) is -0.346. The molecule has 0 spiro atoms. The molecule has 24 heavy (non-hydrogen) atoms. The summed E-state index contributed by atoms with van der Waals surface area (Å²) in [4.78, 5) is 33.0. The van der Waals surface area contributed by atoms with Gasteiger partial charge in [-0.3, -0.25) is 30.6 Å². The van der Waals surface area contributed by atoms with Crippen molar-refractivity contribution in [3.8, 4) is 5.75 Å². The lowest BCUT2D eigenvalue weighted by molar-refractivity contribution is -0.384. The molecule has 124 valence electrons. The van der Waals surface area contributed by atoms with Gasteiger partial charge in [-0.2, -0.15) is 0 Å². The van der Waals surface area contributed by atoms with Crippen LogP contribution in [-0.2, 0) is 9.59 Å². The predicted molar refractivity (Wildman–Crippen MR) is 82.6 cm³/mol. The zero-order valence-electron chi connectivity index (χ0n) is 12.3. The number of amides is 2. The Hall–Kier alpha value is -3.62. The molecular weight excluding hydrogens is 318 g/mol. The topological polar surface area (TPSA) is 124 Å². The van der Waals surface area contributed by atoms with Crippen LogP contribution in [0, 0.1) is 10.1 Å². The van der Waals surface area contributed by atoms with Crippen LogP contribution in [0.25, 0.3) is 6.08 Å². The van der Waals surface area contributed by atoms with E-state index in [-0.39, 0.29) is 12.3 Å². The number of nitro groups is 1. The van der Waals surface area contributed by atoms with Crippen molar-refractivity contribution in [1.29, 1.82) is 0 Å². The van der Waals surface area contributed by atoms with E-state index in [1.54, 1.807) is 12.1 Å². The summed E-state index contributed by atoms with van der Waals surface area (Å²) in [5.41, 5.74) is 4.25. The van der Waals surface area contributed by atoms with Crippen molar-refractivity contribution in [3.05, 3.63) is 64.6 Å². The third-order valence-electron chi connectivity index (χ3n) is 2.68. The number of ether oxygens (including phenoxy) is 1. The van der Waals surface area contributed by atoms with E-state index >= 15 is 0 Å². The Balaban J connectivity index is 1.71. The van der Waals surface area contributed by atoms with E-state index < -0.39 is 16.7 Å². The number of benzene rings is 1. The highest BCUT2D eigenvalue weighted by Crippen LogP contribution is 2.16. The Morgan fingerprint density at radius 3 is 2.58 bits per heavy atom. The van der Waals surface area contributed by atoms with Crippen molar-refractivity contribution in [2.24, 2.45) is 0 Å². The SMILES string of the molecule is O=C(/C=C\c1ccco1)NNC(=O)COc1ccc([N+](=O)[O-])cc1. The van der Waals surface area contributed by atoms with E-state index in [0.717, 1.165) is 0 Å². The van der Waals surface area contributed by atoms with Gasteiger partial charge in [-0.25, -0.2) is 0 Å². The maximum absolute atomic E-state index is 11.5. The van der Waals surface area contributed by atoms with Crippen LogP contribution in [0.1, 0.15) is 5.76 Å². The summed E-state index contributed by atoms with van der Waals surface area (Å²) >= 11 is 0. The molecule has 0 fully saturated rings. The molecule has 0 aliphatic carbocycles. The van der Waals surface area contributed by atoms with Gasteiger partial charge in [-0.15, -0.1) is 0 Å². The lowest BCUT2D eigenvalue weighted by atomic mass is 10.3. The van der Waals surface area contributed by atoms with Crippen molar-refractivity contribution in [3.63, 3.8) is 0 Å². The third-order valence-corrected chi connectivity index (χ3v) is 2.68. The molecule has 0 saturated carbocycles. The van der Waals surface area contributed by atoms with Crippen LogP contribution in [0.4, 0.5) is 5.69 Å². The molecule has 0 aliphatic rings. The molecule has 2 N–H and O–H groups in total. The molecular formula is C15H13N3O6. The molecule has 2 rings (SSSR count). The first-order chi connectivity index (χ1) is 11.5. The first kappa shape index (κ1) is 16.7. The van der Waals surface area contributed by atoms with Gasteiger partial charge in [0, 0.05) is 18.2 Å². The molecule has 9 nitrogen and oxygen atoms in total. The van der Waals surface area contributed by atoms with Crippen molar-refractivity contribution in [2.45, 2.75) is 0 Å². The first-order valence-corrected chi connectivity index (χ1v) is 6.72. The van der Waals surface area contributed by atoms with Crippen molar-refractivity contribution in [2.75, 3.05) is 6.61 Å². The van der Waals surface area contributed by atoms with Crippen LogP contribution in [0.3, 0.4) is 0 Å². The lowest BCUT2D eigenvalue weighted by Gasteiger charge is -2.07. The molecule has 0 saturated heterocycles. The van der Waals surface area contributed by atoms with Crippen LogP contribution in [0.5, 0.6) is 5.75 Å². The van der Waals surface area contributed by atoms with Crippen LogP contribution >= 0.6 is 0 Å². The summed E-state index contributed by atoms with van der Waals surface area (Å²) in [6, 6.07) is 8.60. The molecule has 1 aromatic carbocycles. The second kappa shape index (κ2) is 8.13. The quantitative estimate of drug-likeness (QED) is 0.469. The number of furan rings is 1. The second-order valence-electron chi connectivity index (χ2n) is 4.43. The minimum Gasteiger partial charge on any atom is -0.484 e. The first-order valence-electron chi connectivity index (χ1n) is 6.72. The fraction of sp³-hybridized carbons (Fsp3) is 0.0667. The number of non-ortho nitro benzene ring substituents is 1. The monoisotopic (exact) mass is 331 g/mol. The Morgan fingerprint density at radius 1 is 1.21 bits per heavy atom. The largest absolute Gasteiger partial charge is 0.484 e. The molecule has 1 aromatic heterocycles. The minimum atomic E-state index is -0.590. The zero-order valence-corrected chi connectivity index (χ0v) is 12.3. The summed E-state index contributed by atoms with van der Waals surface area (Å²) in [5, 5.41) is 10.5. The number of hydrazine groups is 1. The maximum Gasteiger partial charge on any atom is 0.276 e. The number of hydrogen-bond donors (Lipinski definition) is 2. The molecule has 0 radical (unpaired) electrons. The van der Waals surface area contributed by atoms with E-state index in [0.29, 0.717) is 11.5 Å². The number of carbonyl (C=O) groups excluding carboxylic acids is 2. The normalized spacial score (nSPS) is 10.3. The predicted octanol–water partition coefficient (Wildman–Crippen LogP) is 1.43. The van der Waals surface area contributed by atoms with E-state index in [9.17, 15) is 19.7 Å². The van der Waals surface area contributed by atoms with Crippen molar-refractivity contribution >= 4 is 23.6 Å². The summed E-state index contributed by atoms with van der Waals surface area (Å²) in [6.45, 7) is -0.361. The fourth-order valence-electron chi connectivity index (χ4n) is 1.57. The molecule has 9 heteroatoms. The standard InChI is InChI=1S/C15H13N3O6/c19-14(8-7-12-2-1-9-23-12)16-17-15(20)10-24-13-5-3-11(4-6-13)18(21)22/h1-9H,10H2,(H,16,19)(H,17,20)/b8-7-. The van der Waals surface area contributed by atoms with Gasteiger partial charge in [0.15, 0.2) is 6.61 Å². The Morgan fingerprint density at radius 2 is 1.96 bits per heavy atom. The Bertz CT molecular complexity index is 737. The van der Waals surface area contributed by atoms with Gasteiger partial charge >= 0.3 is 0 Å². The van der Waals surface area contributed by atoms with E-state index in [4.69, 9.17) is 9.15 Å². The molecule has 0 aliphatic heterocycles. The number of carbonyl (C=O) groups is 2. The Labute approximate surface area is 136 Å². The number of nitrogens with one attached hydrogen (secondary N) is 2. The van der Waals surface area contributed by atoms with E-state index in [2.05, 4.69) is 10.9 Å². The van der Waals surface area contributed by atoms with Crippen LogP contribution < -0.4 is 15.6 Å². The molecule has 2 amide bonds. The van der Waals surface area contributed by atoms with Gasteiger partial charge in [0.2, 0.25) is 0 Å². The van der Waals surface area contributed by atoms with Gasteiger partial charge in [0.25, 0.3) is 17.5 Å². The van der Waals surface area contributed by atoms with Gasteiger partial charge < -0.3 is 9.15 Å². The molecule has 0 unspecified atom stereocenters. The molecule has 2 aromatic rings. The highest BCUT2D eigenvalue weighted by atomic mass is 16.6. The summed E-state index contributed by atoms with van der Waals surface area (Å²) in [7, 11) is 0. The van der Waals surface area contributed by atoms with E-state index in [1.807, 2.05) is 0 Å². The van der Waals surface area contributed by atoms with Crippen LogP contribution in [0.15, 0.2) is 53.2 Å². The fourth-order valence-corrected chi connectivity index (χ4v) is 1.57. The number of nitro benzene ring substituents is 1. The van der Waals surface area contributed by atoms with Gasteiger partial charge in [-0.1, -0.05) is 0 Å². The molecule has 0 bridgehead atoms.